The number of imidazole rings is 1. The molecule has 0 bridgehead atoms. The van der Waals surface area contributed by atoms with Gasteiger partial charge < -0.3 is 25.8 Å². The molecule has 1 aliphatic rings. The van der Waals surface area contributed by atoms with Crippen molar-refractivity contribution in [3.63, 3.8) is 0 Å². The maximum Gasteiger partial charge on any atom is 0.312 e. The van der Waals surface area contributed by atoms with Gasteiger partial charge in [-0.2, -0.15) is 0 Å². The van der Waals surface area contributed by atoms with Gasteiger partial charge in [-0.1, -0.05) is 18.2 Å². The van der Waals surface area contributed by atoms with Crippen molar-refractivity contribution in [2.24, 2.45) is 5.73 Å². The molecule has 4 rings (SSSR count). The van der Waals surface area contributed by atoms with E-state index < -0.39 is 6.03 Å². The van der Waals surface area contributed by atoms with Gasteiger partial charge in [0.15, 0.2) is 0 Å². The second kappa shape index (κ2) is 8.91. The molecule has 3 aromatic rings. The van der Waals surface area contributed by atoms with Gasteiger partial charge in [0.05, 0.1) is 23.3 Å². The van der Waals surface area contributed by atoms with E-state index in [0.29, 0.717) is 19.1 Å². The van der Waals surface area contributed by atoms with Gasteiger partial charge in [0, 0.05) is 38.4 Å². The number of carbonyl (C=O) groups is 1. The molecule has 3 heterocycles. The number of carbonyl (C=O) groups excluding carboxylic acids is 1. The first-order valence-corrected chi connectivity index (χ1v) is 10.1. The van der Waals surface area contributed by atoms with Crippen LogP contribution < -0.4 is 16.4 Å². The lowest BCUT2D eigenvalue weighted by Crippen LogP contribution is -2.43. The minimum absolute atomic E-state index is 0.370. The third kappa shape index (κ3) is 4.83. The molecule has 0 unspecified atom stereocenters. The number of nitrogens with zero attached hydrogens (tertiary/aromatic N) is 4. The zero-order valence-electron chi connectivity index (χ0n) is 16.4. The van der Waals surface area contributed by atoms with Gasteiger partial charge in [-0.05, 0) is 37.1 Å². The van der Waals surface area contributed by atoms with Crippen LogP contribution in [0.5, 0.6) is 0 Å². The highest BCUT2D eigenvalue weighted by Gasteiger charge is 2.21. The largest absolute Gasteiger partial charge is 0.353 e. The van der Waals surface area contributed by atoms with Crippen molar-refractivity contribution in [3.8, 4) is 0 Å². The lowest BCUT2D eigenvalue weighted by atomic mass is 10.1. The van der Waals surface area contributed by atoms with Crippen LogP contribution in [0.2, 0.25) is 0 Å². The summed E-state index contributed by atoms with van der Waals surface area (Å²) in [5, 5.41) is 6.31. The molecule has 0 aliphatic carbocycles. The summed E-state index contributed by atoms with van der Waals surface area (Å²) in [5.74, 6) is 0.894. The smallest absolute Gasteiger partial charge is 0.312 e. The number of rotatable bonds is 7. The van der Waals surface area contributed by atoms with Crippen molar-refractivity contribution in [2.75, 3.05) is 31.5 Å². The van der Waals surface area contributed by atoms with E-state index >= 15 is 0 Å². The highest BCUT2D eigenvalue weighted by molar-refractivity contribution is 5.78. The van der Waals surface area contributed by atoms with Gasteiger partial charge in [0.25, 0.3) is 0 Å². The van der Waals surface area contributed by atoms with Crippen LogP contribution in [0.3, 0.4) is 0 Å². The van der Waals surface area contributed by atoms with Gasteiger partial charge in [-0.15, -0.1) is 0 Å². The number of pyridine rings is 1. The average Bonchev–Trinajstić information content (AvgIpc) is 3.07. The van der Waals surface area contributed by atoms with Gasteiger partial charge in [-0.25, -0.2) is 9.78 Å². The zero-order valence-corrected chi connectivity index (χ0v) is 16.4. The molecule has 152 valence electrons. The standard InChI is InChI=1S/C21H27N7O/c22-20(29)24-11-14-27-12-8-16(9-13-27)25-21-26-18-6-1-2-7-19(18)28(21)15-17-5-3-4-10-23-17/h1-7,10,16H,8-9,11-15H2,(H,25,26)(H3,22,24,29). The molecule has 8 heteroatoms. The number of hydrogen-bond acceptors (Lipinski definition) is 5. The predicted octanol–water partition coefficient (Wildman–Crippen LogP) is 2.02. The van der Waals surface area contributed by atoms with Gasteiger partial charge in [0.2, 0.25) is 5.95 Å². The number of nitrogens with two attached hydrogens (primary N) is 1. The summed E-state index contributed by atoms with van der Waals surface area (Å²) in [5.41, 5.74) is 8.23. The average molecular weight is 393 g/mol. The lowest BCUT2D eigenvalue weighted by Gasteiger charge is -2.32. The topological polar surface area (TPSA) is 101 Å². The van der Waals surface area contributed by atoms with Crippen molar-refractivity contribution in [1.82, 2.24) is 24.8 Å². The molecule has 0 spiro atoms. The second-order valence-corrected chi connectivity index (χ2v) is 7.38. The summed E-state index contributed by atoms with van der Waals surface area (Å²) in [7, 11) is 0. The Morgan fingerprint density at radius 3 is 2.69 bits per heavy atom. The third-order valence-corrected chi connectivity index (χ3v) is 5.35. The highest BCUT2D eigenvalue weighted by Crippen LogP contribution is 2.23. The number of anilines is 1. The van der Waals surface area contributed by atoms with E-state index in [-0.39, 0.29) is 0 Å². The summed E-state index contributed by atoms with van der Waals surface area (Å²) >= 11 is 0. The van der Waals surface area contributed by atoms with E-state index in [4.69, 9.17) is 10.7 Å². The van der Waals surface area contributed by atoms with Crippen LogP contribution in [0, 0.1) is 0 Å². The van der Waals surface area contributed by atoms with E-state index in [1.807, 2.05) is 42.6 Å². The van der Waals surface area contributed by atoms with Crippen molar-refractivity contribution in [1.29, 1.82) is 0 Å². The summed E-state index contributed by atoms with van der Waals surface area (Å²) < 4.78 is 2.21. The molecule has 0 atom stereocenters. The Morgan fingerprint density at radius 2 is 1.93 bits per heavy atom. The number of para-hydroxylation sites is 2. The van der Waals surface area contributed by atoms with Crippen LogP contribution in [0.15, 0.2) is 48.7 Å². The molecule has 1 saturated heterocycles. The fourth-order valence-corrected chi connectivity index (χ4v) is 3.82. The fraction of sp³-hybridized carbons (Fsp3) is 0.381. The van der Waals surface area contributed by atoms with E-state index in [0.717, 1.165) is 55.2 Å². The summed E-state index contributed by atoms with van der Waals surface area (Å²) in [4.78, 5) is 22.5. The summed E-state index contributed by atoms with van der Waals surface area (Å²) in [6.07, 6.45) is 3.89. The fourth-order valence-electron chi connectivity index (χ4n) is 3.82. The Hall–Kier alpha value is -3.13. The maximum atomic E-state index is 10.8. The number of aromatic nitrogens is 3. The molecular formula is C21H27N7O. The predicted molar refractivity (Wildman–Crippen MR) is 114 cm³/mol. The minimum Gasteiger partial charge on any atom is -0.353 e. The van der Waals surface area contributed by atoms with Crippen LogP contribution >= 0.6 is 0 Å². The minimum atomic E-state index is -0.464. The number of piperidine rings is 1. The number of amides is 2. The van der Waals surface area contributed by atoms with E-state index in [1.165, 1.54) is 0 Å². The number of fused-ring (bicyclic) bond motifs is 1. The highest BCUT2D eigenvalue weighted by atomic mass is 16.2. The third-order valence-electron chi connectivity index (χ3n) is 5.35. The number of likely N-dealkylation sites (tertiary alicyclic amines) is 1. The maximum absolute atomic E-state index is 10.8. The van der Waals surface area contributed by atoms with E-state index in [9.17, 15) is 4.79 Å². The zero-order chi connectivity index (χ0) is 20.1. The first kappa shape index (κ1) is 19.2. The van der Waals surface area contributed by atoms with E-state index in [1.54, 1.807) is 0 Å². The number of benzene rings is 1. The summed E-state index contributed by atoms with van der Waals surface area (Å²) in [6, 6.07) is 14.1. The monoisotopic (exact) mass is 393 g/mol. The van der Waals surface area contributed by atoms with E-state index in [2.05, 4.69) is 31.2 Å². The van der Waals surface area contributed by atoms with Gasteiger partial charge in [0.1, 0.15) is 0 Å². The molecular weight excluding hydrogens is 366 g/mol. The molecule has 1 aromatic carbocycles. The Labute approximate surface area is 170 Å². The Kier molecular flexibility index (Phi) is 5.90. The van der Waals surface area contributed by atoms with Crippen molar-refractivity contribution < 1.29 is 4.79 Å². The molecule has 29 heavy (non-hydrogen) atoms. The number of primary amides is 1. The van der Waals surface area contributed by atoms with Crippen molar-refractivity contribution in [3.05, 3.63) is 54.4 Å². The molecule has 4 N–H and O–H groups in total. The van der Waals surface area contributed by atoms with Crippen molar-refractivity contribution in [2.45, 2.75) is 25.4 Å². The molecule has 8 nitrogen and oxygen atoms in total. The quantitative estimate of drug-likeness (QED) is 0.570. The van der Waals surface area contributed by atoms with Crippen LogP contribution in [0.1, 0.15) is 18.5 Å². The molecule has 1 aliphatic heterocycles. The van der Waals surface area contributed by atoms with Crippen LogP contribution in [-0.2, 0) is 6.54 Å². The lowest BCUT2D eigenvalue weighted by molar-refractivity contribution is 0.215. The first-order chi connectivity index (χ1) is 14.2. The molecule has 1 fully saturated rings. The first-order valence-electron chi connectivity index (χ1n) is 10.1. The molecule has 0 saturated carbocycles. The van der Waals surface area contributed by atoms with Crippen LogP contribution in [0.4, 0.5) is 10.7 Å². The molecule has 2 aromatic heterocycles. The number of hydrogen-bond donors (Lipinski definition) is 3. The number of nitrogens with one attached hydrogen (secondary N) is 2. The summed E-state index contributed by atoms with van der Waals surface area (Å²) in [6.45, 7) is 4.07. The number of urea groups is 1. The Morgan fingerprint density at radius 1 is 1.14 bits per heavy atom. The molecule has 2 amide bonds. The molecule has 0 radical (unpaired) electrons. The Balaban J connectivity index is 1.43. The normalized spacial score (nSPS) is 15.4. The van der Waals surface area contributed by atoms with Gasteiger partial charge >= 0.3 is 6.03 Å². The van der Waals surface area contributed by atoms with Crippen LogP contribution in [-0.4, -0.2) is 57.7 Å². The van der Waals surface area contributed by atoms with Gasteiger partial charge in [-0.3, -0.25) is 4.98 Å². The van der Waals surface area contributed by atoms with Crippen LogP contribution in [0.25, 0.3) is 11.0 Å². The SMILES string of the molecule is NC(=O)NCCN1CCC(Nc2nc3ccccc3n2Cc2ccccn2)CC1. The second-order valence-electron chi connectivity index (χ2n) is 7.38. The Bertz CT molecular complexity index is 948. The van der Waals surface area contributed by atoms with Crippen molar-refractivity contribution >= 4 is 23.0 Å².